The van der Waals surface area contributed by atoms with Gasteiger partial charge in [0.15, 0.2) is 0 Å². The van der Waals surface area contributed by atoms with Gasteiger partial charge in [-0.2, -0.15) is 0 Å². The number of nitrogens with zero attached hydrogens (tertiary/aromatic N) is 3. The van der Waals surface area contributed by atoms with Crippen LogP contribution in [0.4, 0.5) is 0 Å². The molecule has 2 rings (SSSR count). The zero-order chi connectivity index (χ0) is 15.2. The van der Waals surface area contributed by atoms with E-state index in [1.165, 1.54) is 0 Å². The molecule has 116 valence electrons. The third kappa shape index (κ3) is 4.19. The molecule has 0 bridgehead atoms. The fourth-order valence-corrected chi connectivity index (χ4v) is 2.85. The van der Waals surface area contributed by atoms with Gasteiger partial charge in [-0.3, -0.25) is 9.80 Å². The fraction of sp³-hybridized carbons (Fsp3) is 0.562. The van der Waals surface area contributed by atoms with Gasteiger partial charge in [0.25, 0.3) is 0 Å². The molecule has 0 spiro atoms. The van der Waals surface area contributed by atoms with E-state index in [1.807, 2.05) is 30.3 Å². The van der Waals surface area contributed by atoms with Crippen LogP contribution >= 0.6 is 0 Å². The van der Waals surface area contributed by atoms with Crippen molar-refractivity contribution in [2.75, 3.05) is 32.7 Å². The van der Waals surface area contributed by atoms with Gasteiger partial charge in [-0.25, -0.2) is 0 Å². The van der Waals surface area contributed by atoms with Crippen LogP contribution in [0.5, 0.6) is 0 Å². The van der Waals surface area contributed by atoms with Crippen LogP contribution in [0.25, 0.3) is 0 Å². The van der Waals surface area contributed by atoms with E-state index in [1.54, 1.807) is 0 Å². The van der Waals surface area contributed by atoms with E-state index < -0.39 is 0 Å². The van der Waals surface area contributed by atoms with Crippen molar-refractivity contribution in [1.29, 1.82) is 0 Å². The maximum atomic E-state index is 9.05. The maximum absolute atomic E-state index is 9.05. The molecule has 0 radical (unpaired) electrons. The lowest BCUT2D eigenvalue weighted by atomic mass is 9.97. The van der Waals surface area contributed by atoms with E-state index in [-0.39, 0.29) is 11.8 Å². The monoisotopic (exact) mass is 290 g/mol. The topological polar surface area (TPSA) is 65.1 Å². The first kappa shape index (κ1) is 15.8. The predicted octanol–water partition coefficient (Wildman–Crippen LogP) is 1.54. The van der Waals surface area contributed by atoms with Crippen molar-refractivity contribution in [3.8, 4) is 0 Å². The highest BCUT2D eigenvalue weighted by molar-refractivity contribution is 5.87. The molecule has 21 heavy (non-hydrogen) atoms. The van der Waals surface area contributed by atoms with Crippen molar-refractivity contribution >= 4 is 5.84 Å². The van der Waals surface area contributed by atoms with Gasteiger partial charge in [-0.05, 0) is 19.4 Å². The molecule has 1 aromatic carbocycles. The molecule has 1 saturated heterocycles. The number of rotatable bonds is 5. The molecule has 0 aromatic heterocycles. The summed E-state index contributed by atoms with van der Waals surface area (Å²) in [4.78, 5) is 4.88. The number of hydrogen-bond donors (Lipinski definition) is 2. The van der Waals surface area contributed by atoms with Gasteiger partial charge >= 0.3 is 0 Å². The molecule has 1 fully saturated rings. The first-order valence-corrected chi connectivity index (χ1v) is 7.60. The Balaban J connectivity index is 2.01. The Labute approximate surface area is 127 Å². The summed E-state index contributed by atoms with van der Waals surface area (Å²) >= 11 is 0. The normalized spacial score (nSPS) is 19.9. The van der Waals surface area contributed by atoms with Crippen molar-refractivity contribution < 1.29 is 5.21 Å². The zero-order valence-corrected chi connectivity index (χ0v) is 12.9. The molecule has 1 aliphatic heterocycles. The number of piperazine rings is 1. The Morgan fingerprint density at radius 2 is 1.81 bits per heavy atom. The minimum absolute atomic E-state index is 0.0539. The van der Waals surface area contributed by atoms with Crippen LogP contribution in [-0.4, -0.2) is 59.6 Å². The van der Waals surface area contributed by atoms with E-state index in [0.29, 0.717) is 6.04 Å². The minimum Gasteiger partial charge on any atom is -0.409 e. The molecule has 5 nitrogen and oxygen atoms in total. The molecule has 1 atom stereocenters. The predicted molar refractivity (Wildman–Crippen MR) is 85.7 cm³/mol. The Morgan fingerprint density at radius 1 is 1.19 bits per heavy atom. The van der Waals surface area contributed by atoms with Crippen LogP contribution in [0.1, 0.15) is 25.3 Å². The third-order valence-corrected chi connectivity index (χ3v) is 4.25. The Bertz CT molecular complexity index is 453. The van der Waals surface area contributed by atoms with Gasteiger partial charge in [0.2, 0.25) is 0 Å². The smallest absolute Gasteiger partial charge is 0.147 e. The van der Waals surface area contributed by atoms with E-state index in [4.69, 9.17) is 10.9 Å². The van der Waals surface area contributed by atoms with Gasteiger partial charge in [0.1, 0.15) is 5.84 Å². The first-order chi connectivity index (χ1) is 10.1. The summed E-state index contributed by atoms with van der Waals surface area (Å²) in [6.07, 6.45) is 0. The highest BCUT2D eigenvalue weighted by Gasteiger charge is 2.24. The Morgan fingerprint density at radius 3 is 2.33 bits per heavy atom. The molecule has 1 aromatic rings. The second kappa shape index (κ2) is 7.43. The van der Waals surface area contributed by atoms with Crippen LogP contribution in [0, 0.1) is 0 Å². The second-order valence-corrected chi connectivity index (χ2v) is 5.92. The van der Waals surface area contributed by atoms with Crippen LogP contribution in [-0.2, 0) is 0 Å². The average Bonchev–Trinajstić information content (AvgIpc) is 2.53. The third-order valence-electron chi connectivity index (χ3n) is 4.25. The van der Waals surface area contributed by atoms with Crippen molar-refractivity contribution in [3.63, 3.8) is 0 Å². The van der Waals surface area contributed by atoms with Gasteiger partial charge in [-0.1, -0.05) is 35.5 Å². The highest BCUT2D eigenvalue weighted by Crippen LogP contribution is 2.18. The summed E-state index contributed by atoms with van der Waals surface area (Å²) in [5, 5.41) is 12.3. The molecular formula is C16H26N4O. The quantitative estimate of drug-likeness (QED) is 0.374. The van der Waals surface area contributed by atoms with Gasteiger partial charge in [-0.15, -0.1) is 0 Å². The molecule has 1 heterocycles. The van der Waals surface area contributed by atoms with E-state index in [2.05, 4.69) is 28.8 Å². The number of benzene rings is 1. The largest absolute Gasteiger partial charge is 0.409 e. The second-order valence-electron chi connectivity index (χ2n) is 5.92. The summed E-state index contributed by atoms with van der Waals surface area (Å²) < 4.78 is 0. The summed E-state index contributed by atoms with van der Waals surface area (Å²) in [6.45, 7) is 9.48. The van der Waals surface area contributed by atoms with E-state index in [9.17, 15) is 0 Å². The molecule has 0 amide bonds. The SMILES string of the molecule is CC(C)N1CCN(CC(C(N)=NO)c2ccccc2)CC1. The molecule has 3 N–H and O–H groups in total. The number of amidine groups is 1. The van der Waals surface area contributed by atoms with E-state index >= 15 is 0 Å². The maximum Gasteiger partial charge on any atom is 0.147 e. The molecule has 1 aliphatic rings. The van der Waals surface area contributed by atoms with Crippen LogP contribution in [0.2, 0.25) is 0 Å². The van der Waals surface area contributed by atoms with Gasteiger partial charge in [0.05, 0.1) is 5.92 Å². The number of oxime groups is 1. The first-order valence-electron chi connectivity index (χ1n) is 7.60. The van der Waals surface area contributed by atoms with Crippen LogP contribution < -0.4 is 5.73 Å². The van der Waals surface area contributed by atoms with Crippen molar-refractivity contribution in [2.24, 2.45) is 10.9 Å². The zero-order valence-electron chi connectivity index (χ0n) is 12.9. The average molecular weight is 290 g/mol. The highest BCUT2D eigenvalue weighted by atomic mass is 16.4. The standard InChI is InChI=1S/C16H26N4O/c1-13(2)20-10-8-19(9-11-20)12-15(16(17)18-21)14-6-4-3-5-7-14/h3-7,13,15,21H,8-12H2,1-2H3,(H2,17,18). The minimum atomic E-state index is -0.0539. The van der Waals surface area contributed by atoms with Gasteiger partial charge in [0, 0.05) is 38.8 Å². The molecular weight excluding hydrogens is 264 g/mol. The molecule has 1 unspecified atom stereocenters. The summed E-state index contributed by atoms with van der Waals surface area (Å²) in [7, 11) is 0. The van der Waals surface area contributed by atoms with Crippen LogP contribution in [0.3, 0.4) is 0 Å². The van der Waals surface area contributed by atoms with Gasteiger partial charge < -0.3 is 10.9 Å². The number of nitrogens with two attached hydrogens (primary N) is 1. The lowest BCUT2D eigenvalue weighted by Crippen LogP contribution is -2.50. The summed E-state index contributed by atoms with van der Waals surface area (Å²) in [6, 6.07) is 10.6. The molecule has 0 aliphatic carbocycles. The number of hydrogen-bond acceptors (Lipinski definition) is 4. The summed E-state index contributed by atoms with van der Waals surface area (Å²) in [5.74, 6) is 0.231. The Hall–Kier alpha value is -1.59. The molecule has 0 saturated carbocycles. The molecule has 5 heteroatoms. The van der Waals surface area contributed by atoms with E-state index in [0.717, 1.165) is 38.3 Å². The van der Waals surface area contributed by atoms with Crippen molar-refractivity contribution in [3.05, 3.63) is 35.9 Å². The van der Waals surface area contributed by atoms with Crippen molar-refractivity contribution in [2.45, 2.75) is 25.8 Å². The lowest BCUT2D eigenvalue weighted by Gasteiger charge is -2.38. The van der Waals surface area contributed by atoms with Crippen LogP contribution in [0.15, 0.2) is 35.5 Å². The van der Waals surface area contributed by atoms with Crippen molar-refractivity contribution in [1.82, 2.24) is 9.80 Å². The lowest BCUT2D eigenvalue weighted by molar-refractivity contribution is 0.107. The summed E-state index contributed by atoms with van der Waals surface area (Å²) in [5.41, 5.74) is 7.00. The fourth-order valence-electron chi connectivity index (χ4n) is 2.85. The Kier molecular flexibility index (Phi) is 5.59.